The van der Waals surface area contributed by atoms with Gasteiger partial charge in [-0.05, 0) is 30.5 Å². The van der Waals surface area contributed by atoms with Crippen LogP contribution in [0.2, 0.25) is 0 Å². The molecular weight excluding hydrogens is 221 g/mol. The Morgan fingerprint density at radius 1 is 1.35 bits per heavy atom. The molecule has 4 heteroatoms. The van der Waals surface area contributed by atoms with Crippen LogP contribution in [-0.2, 0) is 16.1 Å². The molecule has 0 aromatic heterocycles. The number of carbonyl (C=O) groups is 1. The SMILES string of the molecule is COC(=O)CCNCc1cc(C)c(F)c(C)c1. The van der Waals surface area contributed by atoms with Crippen molar-refractivity contribution < 1.29 is 13.9 Å². The molecule has 0 fully saturated rings. The molecule has 0 bridgehead atoms. The van der Waals surface area contributed by atoms with Crippen molar-refractivity contribution in [1.29, 1.82) is 0 Å². The third-order valence-electron chi connectivity index (χ3n) is 2.56. The number of halogens is 1. The normalized spacial score (nSPS) is 10.4. The summed E-state index contributed by atoms with van der Waals surface area (Å²) < 4.78 is 17.9. The standard InChI is InChI=1S/C13H18FNO2/c1-9-6-11(7-10(2)13(9)14)8-15-5-4-12(16)17-3/h6-7,15H,4-5,8H2,1-3H3. The fourth-order valence-corrected chi connectivity index (χ4v) is 1.66. The molecular formula is C13H18FNO2. The summed E-state index contributed by atoms with van der Waals surface area (Å²) >= 11 is 0. The summed E-state index contributed by atoms with van der Waals surface area (Å²) in [6.45, 7) is 4.68. The summed E-state index contributed by atoms with van der Waals surface area (Å²) in [6, 6.07) is 3.63. The van der Waals surface area contributed by atoms with E-state index in [1.54, 1.807) is 13.8 Å². The second-order valence-corrected chi connectivity index (χ2v) is 4.05. The van der Waals surface area contributed by atoms with Gasteiger partial charge in [-0.25, -0.2) is 4.39 Å². The Bertz CT molecular complexity index is 381. The van der Waals surface area contributed by atoms with Crippen molar-refractivity contribution >= 4 is 5.97 Å². The second-order valence-electron chi connectivity index (χ2n) is 4.05. The highest BCUT2D eigenvalue weighted by atomic mass is 19.1. The molecule has 3 nitrogen and oxygen atoms in total. The zero-order valence-electron chi connectivity index (χ0n) is 10.5. The predicted molar refractivity (Wildman–Crippen MR) is 64.2 cm³/mol. The van der Waals surface area contributed by atoms with Gasteiger partial charge in [0.2, 0.25) is 0 Å². The Labute approximate surface area is 101 Å². The quantitative estimate of drug-likeness (QED) is 0.631. The summed E-state index contributed by atoms with van der Waals surface area (Å²) in [5, 5.41) is 3.12. The van der Waals surface area contributed by atoms with Gasteiger partial charge in [0, 0.05) is 13.1 Å². The van der Waals surface area contributed by atoms with Gasteiger partial charge in [0.15, 0.2) is 0 Å². The molecule has 0 amide bonds. The van der Waals surface area contributed by atoms with Crippen LogP contribution < -0.4 is 5.32 Å². The van der Waals surface area contributed by atoms with Crippen LogP contribution in [0, 0.1) is 19.7 Å². The summed E-state index contributed by atoms with van der Waals surface area (Å²) in [5.74, 6) is -0.382. The Balaban J connectivity index is 2.45. The van der Waals surface area contributed by atoms with Crippen molar-refractivity contribution in [3.05, 3.63) is 34.6 Å². The lowest BCUT2D eigenvalue weighted by atomic mass is 10.1. The highest BCUT2D eigenvalue weighted by molar-refractivity contribution is 5.69. The third-order valence-corrected chi connectivity index (χ3v) is 2.56. The van der Waals surface area contributed by atoms with Crippen molar-refractivity contribution in [3.63, 3.8) is 0 Å². The summed E-state index contributed by atoms with van der Waals surface area (Å²) in [7, 11) is 1.37. The largest absolute Gasteiger partial charge is 0.469 e. The molecule has 0 saturated carbocycles. The van der Waals surface area contributed by atoms with E-state index in [1.165, 1.54) is 7.11 Å². The molecule has 1 N–H and O–H groups in total. The fraction of sp³-hybridized carbons (Fsp3) is 0.462. The molecule has 1 aromatic rings. The van der Waals surface area contributed by atoms with Crippen LogP contribution in [0.5, 0.6) is 0 Å². The van der Waals surface area contributed by atoms with E-state index in [0.29, 0.717) is 30.6 Å². The number of nitrogens with one attached hydrogen (secondary N) is 1. The fourth-order valence-electron chi connectivity index (χ4n) is 1.66. The highest BCUT2D eigenvalue weighted by Gasteiger charge is 2.04. The number of carbonyl (C=O) groups excluding carboxylic acids is 1. The molecule has 0 aliphatic heterocycles. The van der Waals surface area contributed by atoms with Crippen LogP contribution >= 0.6 is 0 Å². The molecule has 17 heavy (non-hydrogen) atoms. The van der Waals surface area contributed by atoms with E-state index in [2.05, 4.69) is 10.1 Å². The monoisotopic (exact) mass is 239 g/mol. The lowest BCUT2D eigenvalue weighted by molar-refractivity contribution is -0.140. The molecule has 1 aromatic carbocycles. The van der Waals surface area contributed by atoms with Gasteiger partial charge < -0.3 is 10.1 Å². The van der Waals surface area contributed by atoms with Gasteiger partial charge in [0.05, 0.1) is 13.5 Å². The van der Waals surface area contributed by atoms with Crippen molar-refractivity contribution in [2.24, 2.45) is 0 Å². The van der Waals surface area contributed by atoms with Gasteiger partial charge in [-0.15, -0.1) is 0 Å². The van der Waals surface area contributed by atoms with Gasteiger partial charge in [-0.3, -0.25) is 4.79 Å². The molecule has 94 valence electrons. The van der Waals surface area contributed by atoms with Crippen LogP contribution in [0.4, 0.5) is 4.39 Å². The van der Waals surface area contributed by atoms with Crippen LogP contribution in [0.1, 0.15) is 23.1 Å². The Morgan fingerprint density at radius 3 is 2.47 bits per heavy atom. The number of benzene rings is 1. The number of hydrogen-bond donors (Lipinski definition) is 1. The molecule has 0 atom stereocenters. The average molecular weight is 239 g/mol. The van der Waals surface area contributed by atoms with Crippen LogP contribution in [0.3, 0.4) is 0 Å². The van der Waals surface area contributed by atoms with E-state index in [0.717, 1.165) is 5.56 Å². The first-order chi connectivity index (χ1) is 8.04. The average Bonchev–Trinajstić information content (AvgIpc) is 2.31. The first-order valence-electron chi connectivity index (χ1n) is 5.57. The molecule has 0 aliphatic carbocycles. The minimum atomic E-state index is -0.232. The molecule has 0 heterocycles. The molecule has 0 saturated heterocycles. The lowest BCUT2D eigenvalue weighted by Crippen LogP contribution is -2.18. The zero-order chi connectivity index (χ0) is 12.8. The van der Waals surface area contributed by atoms with Crippen LogP contribution in [-0.4, -0.2) is 19.6 Å². The number of aryl methyl sites for hydroxylation is 2. The Morgan fingerprint density at radius 2 is 1.94 bits per heavy atom. The molecule has 0 spiro atoms. The summed E-state index contributed by atoms with van der Waals surface area (Å²) in [6.07, 6.45) is 0.343. The third kappa shape index (κ3) is 4.15. The number of methoxy groups -OCH3 is 1. The molecule has 1 rings (SSSR count). The number of hydrogen-bond acceptors (Lipinski definition) is 3. The lowest BCUT2D eigenvalue weighted by Gasteiger charge is -2.08. The smallest absolute Gasteiger partial charge is 0.306 e. The van der Waals surface area contributed by atoms with E-state index in [-0.39, 0.29) is 11.8 Å². The van der Waals surface area contributed by atoms with E-state index in [1.807, 2.05) is 12.1 Å². The summed E-state index contributed by atoms with van der Waals surface area (Å²) in [5.41, 5.74) is 2.32. The first kappa shape index (κ1) is 13.6. The minimum absolute atomic E-state index is 0.150. The van der Waals surface area contributed by atoms with E-state index < -0.39 is 0 Å². The van der Waals surface area contributed by atoms with Gasteiger partial charge in [-0.1, -0.05) is 12.1 Å². The highest BCUT2D eigenvalue weighted by Crippen LogP contribution is 2.14. The van der Waals surface area contributed by atoms with Crippen molar-refractivity contribution in [2.45, 2.75) is 26.8 Å². The Hall–Kier alpha value is -1.42. The maximum atomic E-state index is 13.4. The predicted octanol–water partition coefficient (Wildman–Crippen LogP) is 2.10. The van der Waals surface area contributed by atoms with Gasteiger partial charge >= 0.3 is 5.97 Å². The van der Waals surface area contributed by atoms with E-state index >= 15 is 0 Å². The van der Waals surface area contributed by atoms with Crippen molar-refractivity contribution in [1.82, 2.24) is 5.32 Å². The maximum absolute atomic E-state index is 13.4. The summed E-state index contributed by atoms with van der Waals surface area (Å²) in [4.78, 5) is 10.9. The van der Waals surface area contributed by atoms with Crippen LogP contribution in [0.15, 0.2) is 12.1 Å². The van der Waals surface area contributed by atoms with Crippen molar-refractivity contribution in [3.8, 4) is 0 Å². The maximum Gasteiger partial charge on any atom is 0.306 e. The zero-order valence-corrected chi connectivity index (χ0v) is 10.5. The van der Waals surface area contributed by atoms with Gasteiger partial charge in [0.25, 0.3) is 0 Å². The van der Waals surface area contributed by atoms with Gasteiger partial charge in [-0.2, -0.15) is 0 Å². The number of rotatable bonds is 5. The first-order valence-corrected chi connectivity index (χ1v) is 5.57. The topological polar surface area (TPSA) is 38.3 Å². The van der Waals surface area contributed by atoms with Crippen LogP contribution in [0.25, 0.3) is 0 Å². The van der Waals surface area contributed by atoms with Gasteiger partial charge in [0.1, 0.15) is 5.82 Å². The Kier molecular flexibility index (Phi) is 5.10. The molecule has 0 unspecified atom stereocenters. The molecule has 0 radical (unpaired) electrons. The molecule has 0 aliphatic rings. The second kappa shape index (κ2) is 6.35. The number of ether oxygens (including phenoxy) is 1. The minimum Gasteiger partial charge on any atom is -0.469 e. The van der Waals surface area contributed by atoms with E-state index in [9.17, 15) is 9.18 Å². The number of esters is 1. The van der Waals surface area contributed by atoms with Crippen molar-refractivity contribution in [2.75, 3.05) is 13.7 Å². The van der Waals surface area contributed by atoms with E-state index in [4.69, 9.17) is 0 Å².